The van der Waals surface area contributed by atoms with E-state index in [0.717, 1.165) is 0 Å². The van der Waals surface area contributed by atoms with Crippen molar-refractivity contribution in [3.63, 3.8) is 0 Å². The van der Waals surface area contributed by atoms with Gasteiger partial charge in [-0.05, 0) is 20.3 Å². The number of nitrogens with one attached hydrogen (secondary N) is 1. The van der Waals surface area contributed by atoms with Crippen LogP contribution in [0.4, 0.5) is 5.69 Å². The van der Waals surface area contributed by atoms with E-state index in [2.05, 4.69) is 10.4 Å². The maximum atomic E-state index is 12.2. The number of rotatable bonds is 4. The minimum absolute atomic E-state index is 0.0471. The van der Waals surface area contributed by atoms with Crippen LogP contribution >= 0.6 is 0 Å². The lowest BCUT2D eigenvalue weighted by Crippen LogP contribution is -2.39. The summed E-state index contributed by atoms with van der Waals surface area (Å²) in [5.41, 5.74) is -0.780. The van der Waals surface area contributed by atoms with E-state index in [4.69, 9.17) is 5.11 Å². The zero-order valence-corrected chi connectivity index (χ0v) is 12.9. The first-order valence-corrected chi connectivity index (χ1v) is 7.05. The van der Waals surface area contributed by atoms with Crippen LogP contribution in [0, 0.1) is 5.92 Å². The summed E-state index contributed by atoms with van der Waals surface area (Å²) in [6.45, 7) is 3.59. The van der Waals surface area contributed by atoms with Gasteiger partial charge in [-0.2, -0.15) is 5.10 Å². The van der Waals surface area contributed by atoms with Crippen molar-refractivity contribution in [2.24, 2.45) is 5.92 Å². The van der Waals surface area contributed by atoms with Crippen molar-refractivity contribution in [2.45, 2.75) is 32.2 Å². The Morgan fingerprint density at radius 1 is 1.45 bits per heavy atom. The first kappa shape index (κ1) is 16.0. The zero-order chi connectivity index (χ0) is 16.5. The van der Waals surface area contributed by atoms with Crippen molar-refractivity contribution >= 4 is 23.5 Å². The Balaban J connectivity index is 2.03. The van der Waals surface area contributed by atoms with Crippen LogP contribution in [0.25, 0.3) is 0 Å². The van der Waals surface area contributed by atoms with Crippen LogP contribution in [0.3, 0.4) is 0 Å². The normalized spacial score (nSPS) is 19.1. The fraction of sp³-hybridized carbons (Fsp3) is 0.571. The molecule has 1 unspecified atom stereocenters. The van der Waals surface area contributed by atoms with Crippen LogP contribution < -0.4 is 5.32 Å². The molecule has 1 aliphatic rings. The van der Waals surface area contributed by atoms with Gasteiger partial charge in [-0.1, -0.05) is 0 Å². The van der Waals surface area contributed by atoms with Gasteiger partial charge in [0.25, 0.3) is 0 Å². The molecule has 0 bridgehead atoms. The van der Waals surface area contributed by atoms with Crippen LogP contribution in [-0.2, 0) is 19.9 Å². The summed E-state index contributed by atoms with van der Waals surface area (Å²) < 4.78 is 1.28. The molecule has 0 aromatic carbocycles. The SMILES string of the molecule is CN1CCC(C(=O)Nc2cnn(C(C)(C)C(=O)O)c2)CC1=O. The van der Waals surface area contributed by atoms with E-state index >= 15 is 0 Å². The summed E-state index contributed by atoms with van der Waals surface area (Å²) in [6.07, 6.45) is 3.68. The van der Waals surface area contributed by atoms with Gasteiger partial charge in [0.2, 0.25) is 11.8 Å². The van der Waals surface area contributed by atoms with E-state index in [-0.39, 0.29) is 24.2 Å². The second-order valence-electron chi connectivity index (χ2n) is 6.03. The monoisotopic (exact) mass is 308 g/mol. The molecule has 0 spiro atoms. The number of carboxylic acids is 1. The molecule has 2 heterocycles. The largest absolute Gasteiger partial charge is 0.479 e. The average molecular weight is 308 g/mol. The van der Waals surface area contributed by atoms with Gasteiger partial charge in [0, 0.05) is 32.1 Å². The van der Waals surface area contributed by atoms with Crippen molar-refractivity contribution in [1.82, 2.24) is 14.7 Å². The van der Waals surface area contributed by atoms with Crippen molar-refractivity contribution in [3.05, 3.63) is 12.4 Å². The molecule has 2 amide bonds. The van der Waals surface area contributed by atoms with Gasteiger partial charge in [0.15, 0.2) is 5.54 Å². The number of piperidine rings is 1. The third kappa shape index (κ3) is 3.10. The van der Waals surface area contributed by atoms with E-state index in [1.54, 1.807) is 11.9 Å². The van der Waals surface area contributed by atoms with Crippen LogP contribution in [0.1, 0.15) is 26.7 Å². The molecule has 1 aliphatic heterocycles. The maximum Gasteiger partial charge on any atom is 0.331 e. The van der Waals surface area contributed by atoms with Gasteiger partial charge in [-0.3, -0.25) is 14.3 Å². The molecule has 1 saturated heterocycles. The van der Waals surface area contributed by atoms with Gasteiger partial charge >= 0.3 is 5.97 Å². The summed E-state index contributed by atoms with van der Waals surface area (Å²) in [6, 6.07) is 0. The number of carboxylic acid groups (broad SMARTS) is 1. The fourth-order valence-electron chi connectivity index (χ4n) is 2.20. The van der Waals surface area contributed by atoms with Gasteiger partial charge < -0.3 is 15.3 Å². The van der Waals surface area contributed by atoms with Gasteiger partial charge in [0.1, 0.15) is 0 Å². The molecule has 1 atom stereocenters. The molecular weight excluding hydrogens is 288 g/mol. The fourth-order valence-corrected chi connectivity index (χ4v) is 2.20. The van der Waals surface area contributed by atoms with Gasteiger partial charge in [-0.15, -0.1) is 0 Å². The lowest BCUT2D eigenvalue weighted by Gasteiger charge is -2.27. The molecule has 120 valence electrons. The lowest BCUT2D eigenvalue weighted by atomic mass is 9.95. The van der Waals surface area contributed by atoms with E-state index in [9.17, 15) is 14.4 Å². The topological polar surface area (TPSA) is 105 Å². The quantitative estimate of drug-likeness (QED) is 0.843. The molecule has 0 saturated carbocycles. The highest BCUT2D eigenvalue weighted by Crippen LogP contribution is 2.21. The molecule has 2 N–H and O–H groups in total. The molecule has 1 aromatic heterocycles. The average Bonchev–Trinajstić information content (AvgIpc) is 2.90. The van der Waals surface area contributed by atoms with Crippen molar-refractivity contribution in [1.29, 1.82) is 0 Å². The first-order valence-electron chi connectivity index (χ1n) is 7.05. The van der Waals surface area contributed by atoms with Crippen LogP contribution in [0.15, 0.2) is 12.4 Å². The summed E-state index contributed by atoms with van der Waals surface area (Å²) in [7, 11) is 1.72. The number of aliphatic carboxylic acids is 1. The predicted octanol–water partition coefficient (Wildman–Crippen LogP) is 0.510. The van der Waals surface area contributed by atoms with E-state index < -0.39 is 11.5 Å². The highest BCUT2D eigenvalue weighted by molar-refractivity contribution is 5.95. The number of aromatic nitrogens is 2. The minimum atomic E-state index is -1.20. The minimum Gasteiger partial charge on any atom is -0.479 e. The lowest BCUT2D eigenvalue weighted by molar-refractivity contribution is -0.146. The summed E-state index contributed by atoms with van der Waals surface area (Å²) >= 11 is 0. The second kappa shape index (κ2) is 5.78. The number of hydrogen-bond donors (Lipinski definition) is 2. The van der Waals surface area contributed by atoms with E-state index in [0.29, 0.717) is 18.7 Å². The first-order chi connectivity index (χ1) is 10.2. The third-order valence-corrected chi connectivity index (χ3v) is 3.98. The Labute approximate surface area is 128 Å². The molecule has 8 nitrogen and oxygen atoms in total. The molecule has 1 aromatic rings. The van der Waals surface area contributed by atoms with Crippen LogP contribution in [0.2, 0.25) is 0 Å². The van der Waals surface area contributed by atoms with E-state index in [1.165, 1.54) is 30.9 Å². The molecule has 0 radical (unpaired) electrons. The number of amides is 2. The van der Waals surface area contributed by atoms with E-state index in [1.807, 2.05) is 0 Å². The third-order valence-electron chi connectivity index (χ3n) is 3.98. The predicted molar refractivity (Wildman–Crippen MR) is 78.2 cm³/mol. The number of nitrogens with zero attached hydrogens (tertiary/aromatic N) is 3. The molecule has 0 aliphatic carbocycles. The highest BCUT2D eigenvalue weighted by Gasteiger charge is 2.31. The summed E-state index contributed by atoms with van der Waals surface area (Å²) in [5, 5.41) is 15.8. The smallest absolute Gasteiger partial charge is 0.331 e. The number of hydrogen-bond acceptors (Lipinski definition) is 4. The summed E-state index contributed by atoms with van der Waals surface area (Å²) in [4.78, 5) is 36.6. The Hall–Kier alpha value is -2.38. The molecule has 1 fully saturated rings. The maximum absolute atomic E-state index is 12.2. The van der Waals surface area contributed by atoms with Gasteiger partial charge in [0.05, 0.1) is 11.9 Å². The number of anilines is 1. The number of likely N-dealkylation sites (tertiary alicyclic amines) is 1. The summed E-state index contributed by atoms with van der Waals surface area (Å²) in [5.74, 6) is -1.67. The molecule has 22 heavy (non-hydrogen) atoms. The molecule has 8 heteroatoms. The van der Waals surface area contributed by atoms with Crippen LogP contribution in [-0.4, -0.2) is 51.2 Å². The Morgan fingerprint density at radius 2 is 2.14 bits per heavy atom. The number of carbonyl (C=O) groups excluding carboxylic acids is 2. The molecule has 2 rings (SSSR count). The Bertz CT molecular complexity index is 608. The number of carbonyl (C=O) groups is 3. The molecular formula is C14H20N4O4. The van der Waals surface area contributed by atoms with Crippen LogP contribution in [0.5, 0.6) is 0 Å². The van der Waals surface area contributed by atoms with Crippen molar-refractivity contribution in [3.8, 4) is 0 Å². The Morgan fingerprint density at radius 3 is 2.73 bits per heavy atom. The zero-order valence-electron chi connectivity index (χ0n) is 12.9. The second-order valence-corrected chi connectivity index (χ2v) is 6.03. The van der Waals surface area contributed by atoms with Crippen molar-refractivity contribution in [2.75, 3.05) is 18.9 Å². The Kier molecular flexibility index (Phi) is 4.20. The standard InChI is InChI=1S/C14H20N4O4/c1-14(2,13(21)22)18-8-10(7-15-18)16-12(20)9-4-5-17(3)11(19)6-9/h7-9H,4-6H2,1-3H3,(H,16,20)(H,21,22). The van der Waals surface area contributed by atoms with Gasteiger partial charge in [-0.25, -0.2) is 4.79 Å². The van der Waals surface area contributed by atoms with Crippen molar-refractivity contribution < 1.29 is 19.5 Å². The highest BCUT2D eigenvalue weighted by atomic mass is 16.4.